The van der Waals surface area contributed by atoms with Crippen LogP contribution >= 0.6 is 0 Å². The molecule has 2 aromatic rings. The second kappa shape index (κ2) is 9.21. The van der Waals surface area contributed by atoms with Crippen LogP contribution in [0.3, 0.4) is 0 Å². The molecular formula is C20H28N6O4. The summed E-state index contributed by atoms with van der Waals surface area (Å²) in [6.07, 6.45) is 1.40. The summed E-state index contributed by atoms with van der Waals surface area (Å²) in [4.78, 5) is 27.1. The molecule has 0 aliphatic carbocycles. The standard InChI is InChI=1S/C20H28N6O4/c1-5-29-18(27)16(25-12-8-9-13-25)17-22-23-24-26(17)15-11-7-6-10-14(15)21-19(28)30-20(2,3)4/h6-7,10-11,16H,5,8-9,12-13H2,1-4H3,(H,21,28). The third-order valence-electron chi connectivity index (χ3n) is 4.52. The van der Waals surface area contributed by atoms with Crippen molar-refractivity contribution in [3.8, 4) is 5.69 Å². The Hall–Kier alpha value is -3.01. The number of nitrogens with zero attached hydrogens (tertiary/aromatic N) is 5. The minimum Gasteiger partial charge on any atom is -0.464 e. The van der Waals surface area contributed by atoms with Gasteiger partial charge in [-0.2, -0.15) is 4.68 Å². The summed E-state index contributed by atoms with van der Waals surface area (Å²) < 4.78 is 12.1. The molecule has 0 radical (unpaired) electrons. The second-order valence-corrected chi connectivity index (χ2v) is 7.99. The summed E-state index contributed by atoms with van der Waals surface area (Å²) in [6.45, 7) is 8.92. The summed E-state index contributed by atoms with van der Waals surface area (Å²) >= 11 is 0. The summed E-state index contributed by atoms with van der Waals surface area (Å²) in [7, 11) is 0. The fourth-order valence-corrected chi connectivity index (χ4v) is 3.35. The highest BCUT2D eigenvalue weighted by molar-refractivity contribution is 5.87. The Morgan fingerprint density at radius 2 is 1.90 bits per heavy atom. The van der Waals surface area contributed by atoms with Crippen molar-refractivity contribution in [2.24, 2.45) is 0 Å². The summed E-state index contributed by atoms with van der Waals surface area (Å²) in [5, 5.41) is 14.8. The number of likely N-dealkylation sites (tertiary alicyclic amines) is 1. The lowest BCUT2D eigenvalue weighted by Gasteiger charge is -2.25. The van der Waals surface area contributed by atoms with Gasteiger partial charge in [0.15, 0.2) is 11.9 Å². The van der Waals surface area contributed by atoms with Crippen LogP contribution in [0.5, 0.6) is 0 Å². The molecule has 0 saturated carbocycles. The Labute approximate surface area is 175 Å². The first kappa shape index (κ1) is 21.7. The zero-order valence-corrected chi connectivity index (χ0v) is 17.8. The maximum absolute atomic E-state index is 12.8. The van der Waals surface area contributed by atoms with Gasteiger partial charge in [-0.3, -0.25) is 10.2 Å². The number of para-hydroxylation sites is 2. The molecule has 3 rings (SSSR count). The van der Waals surface area contributed by atoms with Gasteiger partial charge in [0, 0.05) is 0 Å². The first-order chi connectivity index (χ1) is 14.3. The number of anilines is 1. The average molecular weight is 416 g/mol. The number of amides is 1. The summed E-state index contributed by atoms with van der Waals surface area (Å²) in [5.41, 5.74) is 0.352. The van der Waals surface area contributed by atoms with Crippen LogP contribution in [0.2, 0.25) is 0 Å². The number of ether oxygens (including phenoxy) is 2. The number of carbonyl (C=O) groups is 2. The minimum atomic E-state index is -0.725. The number of benzene rings is 1. The van der Waals surface area contributed by atoms with E-state index in [1.54, 1.807) is 52.0 Å². The highest BCUT2D eigenvalue weighted by Crippen LogP contribution is 2.28. The topological polar surface area (TPSA) is 111 Å². The highest BCUT2D eigenvalue weighted by atomic mass is 16.6. The van der Waals surface area contributed by atoms with Crippen LogP contribution in [0.4, 0.5) is 10.5 Å². The van der Waals surface area contributed by atoms with E-state index in [9.17, 15) is 9.59 Å². The number of hydrogen-bond acceptors (Lipinski definition) is 8. The van der Waals surface area contributed by atoms with Gasteiger partial charge in [0.1, 0.15) is 5.60 Å². The molecule has 1 unspecified atom stereocenters. The van der Waals surface area contributed by atoms with E-state index in [0.29, 0.717) is 17.2 Å². The van der Waals surface area contributed by atoms with Gasteiger partial charge in [-0.1, -0.05) is 12.1 Å². The molecule has 2 heterocycles. The van der Waals surface area contributed by atoms with Crippen LogP contribution in [-0.2, 0) is 14.3 Å². The van der Waals surface area contributed by atoms with Crippen molar-refractivity contribution in [1.29, 1.82) is 0 Å². The van der Waals surface area contributed by atoms with E-state index >= 15 is 0 Å². The molecule has 1 aliphatic heterocycles. The van der Waals surface area contributed by atoms with Crippen LogP contribution in [-0.4, -0.2) is 62.5 Å². The van der Waals surface area contributed by atoms with Crippen molar-refractivity contribution >= 4 is 17.7 Å². The van der Waals surface area contributed by atoms with E-state index in [2.05, 4.69) is 20.8 Å². The zero-order chi connectivity index (χ0) is 21.7. The smallest absolute Gasteiger partial charge is 0.412 e. The first-order valence-corrected chi connectivity index (χ1v) is 10.1. The maximum Gasteiger partial charge on any atom is 0.412 e. The van der Waals surface area contributed by atoms with Gasteiger partial charge < -0.3 is 9.47 Å². The maximum atomic E-state index is 12.8. The van der Waals surface area contributed by atoms with E-state index in [1.807, 2.05) is 4.90 Å². The highest BCUT2D eigenvalue weighted by Gasteiger charge is 2.36. The monoisotopic (exact) mass is 416 g/mol. The largest absolute Gasteiger partial charge is 0.464 e. The fourth-order valence-electron chi connectivity index (χ4n) is 3.35. The Morgan fingerprint density at radius 3 is 2.57 bits per heavy atom. The number of tetrazole rings is 1. The third-order valence-corrected chi connectivity index (χ3v) is 4.52. The van der Waals surface area contributed by atoms with Gasteiger partial charge in [0.05, 0.1) is 18.0 Å². The molecule has 1 atom stereocenters. The Bertz CT molecular complexity index is 885. The van der Waals surface area contributed by atoms with Crippen molar-refractivity contribution in [1.82, 2.24) is 25.1 Å². The van der Waals surface area contributed by atoms with Gasteiger partial charge in [0.2, 0.25) is 0 Å². The molecular weight excluding hydrogens is 388 g/mol. The van der Waals surface area contributed by atoms with Gasteiger partial charge in [0.25, 0.3) is 0 Å². The van der Waals surface area contributed by atoms with Gasteiger partial charge >= 0.3 is 12.1 Å². The average Bonchev–Trinajstić information content (AvgIpc) is 3.34. The van der Waals surface area contributed by atoms with E-state index in [4.69, 9.17) is 9.47 Å². The Morgan fingerprint density at radius 1 is 1.20 bits per heavy atom. The van der Waals surface area contributed by atoms with Crippen LogP contribution in [0.15, 0.2) is 24.3 Å². The Kier molecular flexibility index (Phi) is 6.66. The van der Waals surface area contributed by atoms with Crippen LogP contribution in [0.25, 0.3) is 5.69 Å². The van der Waals surface area contributed by atoms with E-state index in [0.717, 1.165) is 25.9 Å². The van der Waals surface area contributed by atoms with Crippen LogP contribution in [0.1, 0.15) is 52.4 Å². The molecule has 0 spiro atoms. The lowest BCUT2D eigenvalue weighted by atomic mass is 10.2. The number of nitrogens with one attached hydrogen (secondary N) is 1. The molecule has 1 amide bonds. The van der Waals surface area contributed by atoms with Gasteiger partial charge in [-0.05, 0) is 76.2 Å². The first-order valence-electron chi connectivity index (χ1n) is 10.1. The molecule has 1 aliphatic rings. The minimum absolute atomic E-state index is 0.265. The van der Waals surface area contributed by atoms with Gasteiger partial charge in [-0.15, -0.1) is 5.10 Å². The van der Waals surface area contributed by atoms with E-state index < -0.39 is 23.7 Å². The number of esters is 1. The van der Waals surface area contributed by atoms with E-state index in [1.165, 1.54) is 4.68 Å². The van der Waals surface area contributed by atoms with Crippen LogP contribution in [0, 0.1) is 0 Å². The van der Waals surface area contributed by atoms with Crippen molar-refractivity contribution in [2.45, 2.75) is 52.2 Å². The summed E-state index contributed by atoms with van der Waals surface area (Å²) in [5.74, 6) is -0.0539. The summed E-state index contributed by atoms with van der Waals surface area (Å²) in [6, 6.07) is 6.34. The van der Waals surface area contributed by atoms with Crippen molar-refractivity contribution in [2.75, 3.05) is 25.0 Å². The fraction of sp³-hybridized carbons (Fsp3) is 0.550. The quantitative estimate of drug-likeness (QED) is 0.716. The normalized spacial score (nSPS) is 15.6. The predicted molar refractivity (Wildman–Crippen MR) is 109 cm³/mol. The van der Waals surface area contributed by atoms with Gasteiger partial charge in [-0.25, -0.2) is 9.59 Å². The number of hydrogen-bond donors (Lipinski definition) is 1. The molecule has 30 heavy (non-hydrogen) atoms. The molecule has 1 N–H and O–H groups in total. The molecule has 1 saturated heterocycles. The molecule has 0 bridgehead atoms. The molecule has 1 fully saturated rings. The number of rotatable bonds is 6. The zero-order valence-electron chi connectivity index (χ0n) is 17.8. The number of carbonyl (C=O) groups excluding carboxylic acids is 2. The molecule has 1 aromatic heterocycles. The molecule has 10 heteroatoms. The second-order valence-electron chi connectivity index (χ2n) is 7.99. The molecule has 1 aromatic carbocycles. The van der Waals surface area contributed by atoms with Crippen molar-refractivity contribution in [3.05, 3.63) is 30.1 Å². The lowest BCUT2D eigenvalue weighted by Crippen LogP contribution is -2.35. The Balaban J connectivity index is 1.96. The van der Waals surface area contributed by atoms with Crippen molar-refractivity contribution in [3.63, 3.8) is 0 Å². The molecule has 10 nitrogen and oxygen atoms in total. The lowest BCUT2D eigenvalue weighted by molar-refractivity contribution is -0.149. The number of aromatic nitrogens is 4. The molecule has 162 valence electrons. The predicted octanol–water partition coefficient (Wildman–Crippen LogP) is 2.71. The van der Waals surface area contributed by atoms with Crippen LogP contribution < -0.4 is 5.32 Å². The SMILES string of the molecule is CCOC(=O)C(c1nnnn1-c1ccccc1NC(=O)OC(C)(C)C)N1CCCC1. The third kappa shape index (κ3) is 5.12. The van der Waals surface area contributed by atoms with Crippen molar-refractivity contribution < 1.29 is 19.1 Å². The van der Waals surface area contributed by atoms with E-state index in [-0.39, 0.29) is 6.61 Å².